The molecule has 0 spiro atoms. The number of aromatic nitrogens is 2. The SMILES string of the molecule is [C-]#[N+]c1ccc(-c2nc3sc4ccccc4c3nc2-c2ccc(C#N)cc2F)c(F)c1. The van der Waals surface area contributed by atoms with E-state index >= 15 is 0 Å². The number of fused-ring (bicyclic) bond motifs is 3. The van der Waals surface area contributed by atoms with Crippen LogP contribution < -0.4 is 0 Å². The van der Waals surface area contributed by atoms with Crippen molar-refractivity contribution in [3.63, 3.8) is 0 Å². The van der Waals surface area contributed by atoms with Gasteiger partial charge in [0.1, 0.15) is 33.4 Å². The second-order valence-corrected chi connectivity index (χ2v) is 7.79. The molecule has 0 atom stereocenters. The zero-order chi connectivity index (χ0) is 21.5. The number of hydrogen-bond donors (Lipinski definition) is 0. The zero-order valence-electron chi connectivity index (χ0n) is 15.7. The van der Waals surface area contributed by atoms with E-state index in [1.807, 2.05) is 30.3 Å². The highest BCUT2D eigenvalue weighted by molar-refractivity contribution is 7.25. The number of rotatable bonds is 2. The van der Waals surface area contributed by atoms with Gasteiger partial charge >= 0.3 is 0 Å². The van der Waals surface area contributed by atoms with Gasteiger partial charge in [0.25, 0.3) is 0 Å². The third kappa shape index (κ3) is 3.09. The average molecular weight is 424 g/mol. The first-order chi connectivity index (χ1) is 15.1. The summed E-state index contributed by atoms with van der Waals surface area (Å²) in [5.74, 6) is -1.29. The Labute approximate surface area is 179 Å². The van der Waals surface area contributed by atoms with Gasteiger partial charge in [-0.25, -0.2) is 23.6 Å². The van der Waals surface area contributed by atoms with Crippen molar-refractivity contribution in [2.75, 3.05) is 0 Å². The molecule has 0 aliphatic rings. The molecular weight excluding hydrogens is 414 g/mol. The van der Waals surface area contributed by atoms with Crippen LogP contribution in [0.5, 0.6) is 0 Å². The van der Waals surface area contributed by atoms with E-state index in [0.717, 1.165) is 22.2 Å². The lowest BCUT2D eigenvalue weighted by atomic mass is 10.0. The van der Waals surface area contributed by atoms with Crippen molar-refractivity contribution in [1.82, 2.24) is 9.97 Å². The molecule has 0 unspecified atom stereocenters. The lowest BCUT2D eigenvalue weighted by Gasteiger charge is -2.11. The van der Waals surface area contributed by atoms with Gasteiger partial charge in [0.2, 0.25) is 0 Å². The lowest BCUT2D eigenvalue weighted by molar-refractivity contribution is 0.628. The van der Waals surface area contributed by atoms with Crippen LogP contribution in [0, 0.1) is 29.5 Å². The van der Waals surface area contributed by atoms with Crippen LogP contribution in [0.25, 0.3) is 47.8 Å². The molecule has 0 saturated heterocycles. The number of thiophene rings is 1. The summed E-state index contributed by atoms with van der Waals surface area (Å²) in [6, 6.07) is 17.7. The first kappa shape index (κ1) is 18.8. The fourth-order valence-corrected chi connectivity index (χ4v) is 4.46. The minimum absolute atomic E-state index is 0.118. The van der Waals surface area contributed by atoms with Crippen molar-refractivity contribution < 1.29 is 8.78 Å². The molecule has 3 aromatic carbocycles. The van der Waals surface area contributed by atoms with Crippen LogP contribution in [-0.4, -0.2) is 9.97 Å². The van der Waals surface area contributed by atoms with Gasteiger partial charge in [0.05, 0.1) is 18.2 Å². The molecule has 7 heteroatoms. The molecule has 0 aliphatic carbocycles. The molecule has 4 nitrogen and oxygen atoms in total. The largest absolute Gasteiger partial charge is 0.242 e. The molecule has 5 aromatic rings. The predicted molar refractivity (Wildman–Crippen MR) is 117 cm³/mol. The van der Waals surface area contributed by atoms with Gasteiger partial charge in [-0.3, -0.25) is 0 Å². The predicted octanol–water partition coefficient (Wildman–Crippen LogP) is 6.88. The molecular formula is C24H10F2N4S. The minimum atomic E-state index is -0.647. The molecule has 146 valence electrons. The van der Waals surface area contributed by atoms with E-state index in [9.17, 15) is 8.78 Å². The van der Waals surface area contributed by atoms with Crippen LogP contribution in [0.1, 0.15) is 5.56 Å². The molecule has 31 heavy (non-hydrogen) atoms. The molecule has 2 aromatic heterocycles. The molecule has 0 aliphatic heterocycles. The number of benzene rings is 3. The highest BCUT2D eigenvalue weighted by atomic mass is 32.1. The zero-order valence-corrected chi connectivity index (χ0v) is 16.5. The third-order valence-electron chi connectivity index (χ3n) is 4.90. The normalized spacial score (nSPS) is 10.8. The Balaban J connectivity index is 1.87. The first-order valence-corrected chi connectivity index (χ1v) is 9.97. The topological polar surface area (TPSA) is 53.9 Å². The summed E-state index contributed by atoms with van der Waals surface area (Å²) in [5.41, 5.74) is 1.52. The van der Waals surface area contributed by atoms with Gasteiger partial charge in [0, 0.05) is 21.2 Å². The Bertz CT molecular complexity index is 1590. The van der Waals surface area contributed by atoms with E-state index in [1.54, 1.807) is 0 Å². The fraction of sp³-hybridized carbons (Fsp3) is 0. The molecule has 0 fully saturated rings. The van der Waals surface area contributed by atoms with Crippen LogP contribution in [0.4, 0.5) is 14.5 Å². The van der Waals surface area contributed by atoms with E-state index < -0.39 is 11.6 Å². The van der Waals surface area contributed by atoms with Gasteiger partial charge in [-0.05, 0) is 30.3 Å². The second-order valence-electron chi connectivity index (χ2n) is 6.76. The van der Waals surface area contributed by atoms with E-state index in [-0.39, 0.29) is 33.8 Å². The van der Waals surface area contributed by atoms with Crippen LogP contribution in [0.2, 0.25) is 0 Å². The summed E-state index contributed by atoms with van der Waals surface area (Å²) in [5, 5.41) is 9.93. The molecule has 0 amide bonds. The Kier molecular flexibility index (Phi) is 4.39. The summed E-state index contributed by atoms with van der Waals surface area (Å²) < 4.78 is 30.8. The van der Waals surface area contributed by atoms with Crippen molar-refractivity contribution in [3.05, 3.63) is 89.3 Å². The van der Waals surface area contributed by atoms with Gasteiger partial charge in [-0.1, -0.05) is 30.3 Å². The molecule has 0 bridgehead atoms. The smallest absolute Gasteiger partial charge is 0.190 e. The van der Waals surface area contributed by atoms with Crippen molar-refractivity contribution in [1.29, 1.82) is 5.26 Å². The maximum Gasteiger partial charge on any atom is 0.190 e. The number of hydrogen-bond acceptors (Lipinski definition) is 4. The molecule has 0 saturated carbocycles. The molecule has 5 rings (SSSR count). The first-order valence-electron chi connectivity index (χ1n) is 9.15. The molecule has 0 N–H and O–H groups in total. The maximum absolute atomic E-state index is 14.9. The standard InChI is InChI=1S/C24H10F2N4S/c1-28-14-7-9-16(19(26)11-14)22-21(15-8-6-13(12-27)10-18(15)25)29-23-17-4-2-3-5-20(17)31-24(23)30-22/h2-11H. The Hall–Kier alpha value is -4.20. The van der Waals surface area contributed by atoms with E-state index in [2.05, 4.69) is 9.83 Å². The number of nitriles is 1. The summed E-state index contributed by atoms with van der Waals surface area (Å²) in [6.45, 7) is 7.08. The highest BCUT2D eigenvalue weighted by Crippen LogP contribution is 2.39. The summed E-state index contributed by atoms with van der Waals surface area (Å²) >= 11 is 1.42. The van der Waals surface area contributed by atoms with Crippen LogP contribution in [0.15, 0.2) is 60.7 Å². The number of nitrogens with zero attached hydrogens (tertiary/aromatic N) is 4. The van der Waals surface area contributed by atoms with Crippen molar-refractivity contribution in [2.24, 2.45) is 0 Å². The number of halogens is 2. The van der Waals surface area contributed by atoms with Gasteiger partial charge in [-0.2, -0.15) is 5.26 Å². The van der Waals surface area contributed by atoms with Gasteiger partial charge < -0.3 is 0 Å². The highest BCUT2D eigenvalue weighted by Gasteiger charge is 2.21. The Morgan fingerprint density at radius 2 is 1.61 bits per heavy atom. The average Bonchev–Trinajstić information content (AvgIpc) is 3.15. The van der Waals surface area contributed by atoms with Crippen LogP contribution >= 0.6 is 11.3 Å². The van der Waals surface area contributed by atoms with E-state index in [1.165, 1.54) is 35.6 Å². The maximum atomic E-state index is 14.9. The molecule has 2 heterocycles. The lowest BCUT2D eigenvalue weighted by Crippen LogP contribution is -1.98. The monoisotopic (exact) mass is 424 g/mol. The Morgan fingerprint density at radius 1 is 0.903 bits per heavy atom. The fourth-order valence-electron chi connectivity index (χ4n) is 3.44. The van der Waals surface area contributed by atoms with Crippen LogP contribution in [0.3, 0.4) is 0 Å². The van der Waals surface area contributed by atoms with Crippen molar-refractivity contribution in [3.8, 4) is 28.6 Å². The minimum Gasteiger partial charge on any atom is -0.242 e. The molecule has 0 radical (unpaired) electrons. The van der Waals surface area contributed by atoms with Crippen molar-refractivity contribution in [2.45, 2.75) is 0 Å². The second kappa shape index (κ2) is 7.24. The van der Waals surface area contributed by atoms with Crippen LogP contribution in [-0.2, 0) is 0 Å². The third-order valence-corrected chi connectivity index (χ3v) is 5.96. The summed E-state index contributed by atoms with van der Waals surface area (Å²) in [4.78, 5) is 13.2. The Morgan fingerprint density at radius 3 is 2.32 bits per heavy atom. The van der Waals surface area contributed by atoms with Crippen molar-refractivity contribution >= 4 is 37.5 Å². The summed E-state index contributed by atoms with van der Waals surface area (Å²) in [7, 11) is 0. The van der Waals surface area contributed by atoms with Gasteiger partial charge in [-0.15, -0.1) is 11.3 Å². The van der Waals surface area contributed by atoms with E-state index in [4.69, 9.17) is 16.8 Å². The quantitative estimate of drug-likeness (QED) is 0.290. The summed E-state index contributed by atoms with van der Waals surface area (Å²) in [6.07, 6.45) is 0. The van der Waals surface area contributed by atoms with E-state index in [0.29, 0.717) is 10.3 Å². The van der Waals surface area contributed by atoms with Gasteiger partial charge in [0.15, 0.2) is 5.69 Å².